The Labute approximate surface area is 134 Å². The molecule has 0 radical (unpaired) electrons. The zero-order valence-corrected chi connectivity index (χ0v) is 13.8. The first kappa shape index (κ1) is 15.7. The predicted molar refractivity (Wildman–Crippen MR) is 85.4 cm³/mol. The van der Waals surface area contributed by atoms with Crippen LogP contribution in [0.1, 0.15) is 19.4 Å². The highest BCUT2D eigenvalue weighted by Gasteiger charge is 2.60. The minimum Gasteiger partial charge on any atom is -0.326 e. The summed E-state index contributed by atoms with van der Waals surface area (Å²) < 4.78 is 0.205. The van der Waals surface area contributed by atoms with Crippen molar-refractivity contribution < 1.29 is 4.79 Å². The molecule has 1 aliphatic rings. The highest BCUT2D eigenvalue weighted by Crippen LogP contribution is 2.60. The number of anilines is 1. The number of benzene rings is 1. The number of hydrogen-bond acceptors (Lipinski definition) is 1. The van der Waals surface area contributed by atoms with Crippen LogP contribution in [-0.4, -0.2) is 5.91 Å². The summed E-state index contributed by atoms with van der Waals surface area (Å²) in [5, 5.41) is 3.53. The Balaban J connectivity index is 2.10. The van der Waals surface area contributed by atoms with Crippen molar-refractivity contribution in [2.75, 3.05) is 5.32 Å². The number of hydrogen-bond donors (Lipinski definition) is 1. The number of carbonyl (C=O) groups is 1. The zero-order valence-electron chi connectivity index (χ0n) is 11.5. The zero-order chi connectivity index (χ0) is 15.1. The largest absolute Gasteiger partial charge is 0.326 e. The van der Waals surface area contributed by atoms with Crippen LogP contribution < -0.4 is 5.32 Å². The molecule has 0 bridgehead atoms. The van der Waals surface area contributed by atoms with Gasteiger partial charge in [-0.15, -0.1) is 0 Å². The maximum Gasteiger partial charge on any atom is 0.228 e. The molecule has 108 valence electrons. The third-order valence-electron chi connectivity index (χ3n) is 3.94. The highest BCUT2D eigenvalue weighted by atomic mass is 35.5. The van der Waals surface area contributed by atoms with Gasteiger partial charge in [-0.05, 0) is 42.0 Å². The van der Waals surface area contributed by atoms with Gasteiger partial charge in [0, 0.05) is 10.7 Å². The average Bonchev–Trinajstić information content (AvgIpc) is 2.84. The van der Waals surface area contributed by atoms with Crippen molar-refractivity contribution in [2.45, 2.75) is 20.8 Å². The van der Waals surface area contributed by atoms with Crippen LogP contribution in [0.3, 0.4) is 0 Å². The molecule has 0 heterocycles. The van der Waals surface area contributed by atoms with Crippen LogP contribution >= 0.6 is 34.8 Å². The second kappa shape index (κ2) is 5.59. The van der Waals surface area contributed by atoms with Gasteiger partial charge in [0.05, 0.1) is 5.92 Å². The quantitative estimate of drug-likeness (QED) is 0.812. The van der Waals surface area contributed by atoms with Crippen molar-refractivity contribution in [3.63, 3.8) is 0 Å². The molecule has 1 fully saturated rings. The van der Waals surface area contributed by atoms with E-state index in [0.717, 1.165) is 5.56 Å². The molecule has 1 aromatic rings. The van der Waals surface area contributed by atoms with Gasteiger partial charge in [-0.25, -0.2) is 0 Å². The van der Waals surface area contributed by atoms with Crippen molar-refractivity contribution in [3.05, 3.63) is 39.4 Å². The molecule has 20 heavy (non-hydrogen) atoms. The van der Waals surface area contributed by atoms with E-state index in [1.165, 1.54) is 0 Å². The van der Waals surface area contributed by atoms with Crippen LogP contribution in [0, 0.1) is 24.2 Å². The van der Waals surface area contributed by atoms with Gasteiger partial charge < -0.3 is 5.32 Å². The van der Waals surface area contributed by atoms with Gasteiger partial charge in [-0.2, -0.15) is 0 Å². The van der Waals surface area contributed by atoms with Crippen molar-refractivity contribution in [1.29, 1.82) is 0 Å². The molecule has 2 nitrogen and oxygen atoms in total. The molecule has 0 aromatic heterocycles. The fourth-order valence-corrected chi connectivity index (χ4v) is 2.97. The summed E-state index contributed by atoms with van der Waals surface area (Å²) in [6.07, 6.45) is 1.73. The SMILES string of the molecule is Cc1ccc(NC(=O)[C@@H]2[C@@H](C=C(Cl)Cl)C2(C)C)cc1Cl. The third-order valence-corrected chi connectivity index (χ3v) is 4.60. The van der Waals surface area contributed by atoms with E-state index in [4.69, 9.17) is 34.8 Å². The van der Waals surface area contributed by atoms with Crippen LogP contribution in [0.5, 0.6) is 0 Å². The fraction of sp³-hybridized carbons (Fsp3) is 0.400. The molecule has 1 saturated carbocycles. The fourth-order valence-electron chi connectivity index (χ4n) is 2.52. The molecule has 0 unspecified atom stereocenters. The molecule has 2 rings (SSSR count). The van der Waals surface area contributed by atoms with E-state index in [2.05, 4.69) is 5.32 Å². The van der Waals surface area contributed by atoms with Crippen molar-refractivity contribution >= 4 is 46.4 Å². The van der Waals surface area contributed by atoms with Crippen LogP contribution in [0.4, 0.5) is 5.69 Å². The van der Waals surface area contributed by atoms with Crippen molar-refractivity contribution in [1.82, 2.24) is 0 Å². The summed E-state index contributed by atoms with van der Waals surface area (Å²) in [4.78, 5) is 12.3. The molecular weight excluding hydrogens is 317 g/mol. The van der Waals surface area contributed by atoms with E-state index in [1.807, 2.05) is 32.9 Å². The van der Waals surface area contributed by atoms with E-state index in [-0.39, 0.29) is 27.6 Å². The lowest BCUT2D eigenvalue weighted by Gasteiger charge is -2.07. The van der Waals surface area contributed by atoms with E-state index < -0.39 is 0 Å². The van der Waals surface area contributed by atoms with Gasteiger partial charge in [0.25, 0.3) is 0 Å². The first-order valence-corrected chi connectivity index (χ1v) is 7.46. The molecule has 1 aromatic carbocycles. The van der Waals surface area contributed by atoms with Gasteiger partial charge in [0.2, 0.25) is 5.91 Å². The number of carbonyl (C=O) groups excluding carboxylic acids is 1. The number of rotatable bonds is 3. The summed E-state index contributed by atoms with van der Waals surface area (Å²) >= 11 is 17.4. The average molecular weight is 333 g/mol. The molecule has 1 aliphatic carbocycles. The topological polar surface area (TPSA) is 29.1 Å². The van der Waals surface area contributed by atoms with Gasteiger partial charge >= 0.3 is 0 Å². The Kier molecular flexibility index (Phi) is 4.38. The maximum atomic E-state index is 12.3. The summed E-state index contributed by atoms with van der Waals surface area (Å²) in [5.74, 6) is -0.103. The number of allylic oxidation sites excluding steroid dienone is 1. The monoisotopic (exact) mass is 331 g/mol. The minimum absolute atomic E-state index is 0.0363. The van der Waals surface area contributed by atoms with E-state index >= 15 is 0 Å². The first-order chi connectivity index (χ1) is 9.23. The summed E-state index contributed by atoms with van der Waals surface area (Å²) in [5.41, 5.74) is 1.55. The highest BCUT2D eigenvalue weighted by molar-refractivity contribution is 6.55. The predicted octanol–water partition coefficient (Wildman–Crippen LogP) is 5.18. The van der Waals surface area contributed by atoms with Gasteiger partial charge in [0.1, 0.15) is 4.49 Å². The number of nitrogens with one attached hydrogen (secondary N) is 1. The molecule has 5 heteroatoms. The van der Waals surface area contributed by atoms with Crippen molar-refractivity contribution in [2.24, 2.45) is 17.3 Å². The van der Waals surface area contributed by atoms with E-state index in [0.29, 0.717) is 10.7 Å². The standard InChI is InChI=1S/C15H16Cl3NO/c1-8-4-5-9(6-11(8)16)19-14(20)13-10(7-12(17)18)15(13,2)3/h4-7,10,13H,1-3H3,(H,19,20)/t10-,13+/m1/s1. The van der Waals surface area contributed by atoms with Crippen LogP contribution in [-0.2, 0) is 4.79 Å². The lowest BCUT2D eigenvalue weighted by atomic mass is 10.1. The van der Waals surface area contributed by atoms with Crippen molar-refractivity contribution in [3.8, 4) is 0 Å². The van der Waals surface area contributed by atoms with Gasteiger partial charge in [0.15, 0.2) is 0 Å². The molecule has 0 spiro atoms. The van der Waals surface area contributed by atoms with Gasteiger partial charge in [-0.3, -0.25) is 4.79 Å². The van der Waals surface area contributed by atoms with Crippen LogP contribution in [0.25, 0.3) is 0 Å². The Bertz CT molecular complexity index is 576. The molecule has 1 N–H and O–H groups in total. The number of halogens is 3. The third kappa shape index (κ3) is 3.13. The lowest BCUT2D eigenvalue weighted by molar-refractivity contribution is -0.118. The Hall–Kier alpha value is -0.700. The number of aryl methyl sites for hydroxylation is 1. The molecular formula is C15H16Cl3NO. The lowest BCUT2D eigenvalue weighted by Crippen LogP contribution is -2.16. The van der Waals surface area contributed by atoms with E-state index in [9.17, 15) is 4.79 Å². The van der Waals surface area contributed by atoms with Crippen LogP contribution in [0.2, 0.25) is 5.02 Å². The molecule has 2 atom stereocenters. The first-order valence-electron chi connectivity index (χ1n) is 6.33. The summed E-state index contributed by atoms with van der Waals surface area (Å²) in [6.45, 7) is 5.97. The molecule has 1 amide bonds. The van der Waals surface area contributed by atoms with Crippen LogP contribution in [0.15, 0.2) is 28.8 Å². The Morgan fingerprint density at radius 1 is 1.35 bits per heavy atom. The Morgan fingerprint density at radius 2 is 2.00 bits per heavy atom. The normalized spacial score (nSPS) is 23.1. The minimum atomic E-state index is -0.131. The summed E-state index contributed by atoms with van der Waals surface area (Å²) in [7, 11) is 0. The second-order valence-corrected chi connectivity index (χ2v) is 7.15. The maximum absolute atomic E-state index is 12.3. The molecule has 0 aliphatic heterocycles. The smallest absolute Gasteiger partial charge is 0.228 e. The van der Waals surface area contributed by atoms with E-state index in [1.54, 1.807) is 12.1 Å². The van der Waals surface area contributed by atoms with Gasteiger partial charge in [-0.1, -0.05) is 54.7 Å². The summed E-state index contributed by atoms with van der Waals surface area (Å²) in [6, 6.07) is 5.47. The molecule has 0 saturated heterocycles. The Morgan fingerprint density at radius 3 is 2.55 bits per heavy atom. The second-order valence-electron chi connectivity index (χ2n) is 5.73. The number of amides is 1.